The molecular weight excluding hydrogens is 221 g/mol. The van der Waals surface area contributed by atoms with E-state index in [0.29, 0.717) is 10.0 Å². The number of benzene rings is 1. The minimum atomic E-state index is -0.125. The van der Waals surface area contributed by atoms with E-state index >= 15 is 0 Å². The minimum absolute atomic E-state index is 0.125. The van der Waals surface area contributed by atoms with Gasteiger partial charge in [0, 0.05) is 0 Å². The van der Waals surface area contributed by atoms with Crippen molar-refractivity contribution in [3.63, 3.8) is 0 Å². The monoisotopic (exact) mass is 229 g/mol. The Morgan fingerprint density at radius 1 is 1.36 bits per heavy atom. The molecule has 14 heavy (non-hydrogen) atoms. The topological polar surface area (TPSA) is 54.7 Å². The SMILES string of the molecule is C[C@H](N)c1nc2cc(Cl)c(Cl)cc2[nH]1. The first-order valence-electron chi connectivity index (χ1n) is 4.18. The molecular formula is C9H9Cl2N3. The summed E-state index contributed by atoms with van der Waals surface area (Å²) in [5.41, 5.74) is 7.33. The highest BCUT2D eigenvalue weighted by molar-refractivity contribution is 6.42. The van der Waals surface area contributed by atoms with Crippen LogP contribution in [0.25, 0.3) is 11.0 Å². The van der Waals surface area contributed by atoms with E-state index in [1.807, 2.05) is 6.92 Å². The van der Waals surface area contributed by atoms with Gasteiger partial charge in [0.05, 0.1) is 27.1 Å². The molecule has 0 aliphatic heterocycles. The molecule has 0 aliphatic rings. The minimum Gasteiger partial charge on any atom is -0.341 e. The molecule has 1 aromatic carbocycles. The van der Waals surface area contributed by atoms with Crippen LogP contribution in [0.15, 0.2) is 12.1 Å². The third-order valence-electron chi connectivity index (χ3n) is 1.97. The van der Waals surface area contributed by atoms with Gasteiger partial charge in [-0.1, -0.05) is 23.2 Å². The van der Waals surface area contributed by atoms with Crippen LogP contribution in [0.2, 0.25) is 10.0 Å². The predicted molar refractivity (Wildman–Crippen MR) is 58.7 cm³/mol. The number of fused-ring (bicyclic) bond motifs is 1. The number of nitrogens with one attached hydrogen (secondary N) is 1. The lowest BCUT2D eigenvalue weighted by Gasteiger charge is -1.96. The smallest absolute Gasteiger partial charge is 0.123 e. The van der Waals surface area contributed by atoms with Crippen molar-refractivity contribution < 1.29 is 0 Å². The Hall–Kier alpha value is -0.770. The predicted octanol–water partition coefficient (Wildman–Crippen LogP) is 2.89. The number of hydrogen-bond donors (Lipinski definition) is 2. The van der Waals surface area contributed by atoms with Crippen LogP contribution < -0.4 is 5.73 Å². The standard InChI is InChI=1S/C9H9Cl2N3/c1-4(12)9-13-7-2-5(10)6(11)3-8(7)14-9/h2-4H,12H2,1H3,(H,13,14)/t4-/m0/s1. The fourth-order valence-corrected chi connectivity index (χ4v) is 1.56. The fraction of sp³-hybridized carbons (Fsp3) is 0.222. The first-order chi connectivity index (χ1) is 6.58. The Morgan fingerprint density at radius 3 is 2.64 bits per heavy atom. The van der Waals surface area contributed by atoms with E-state index in [4.69, 9.17) is 28.9 Å². The third-order valence-corrected chi connectivity index (χ3v) is 2.70. The van der Waals surface area contributed by atoms with Crippen LogP contribution in [0.3, 0.4) is 0 Å². The van der Waals surface area contributed by atoms with Crippen LogP contribution in [-0.4, -0.2) is 9.97 Å². The molecule has 0 unspecified atom stereocenters. The van der Waals surface area contributed by atoms with Gasteiger partial charge < -0.3 is 10.7 Å². The van der Waals surface area contributed by atoms with Gasteiger partial charge in [-0.2, -0.15) is 0 Å². The van der Waals surface area contributed by atoms with Gasteiger partial charge in [0.2, 0.25) is 0 Å². The number of H-pyrrole nitrogens is 1. The van der Waals surface area contributed by atoms with Crippen molar-refractivity contribution in [1.29, 1.82) is 0 Å². The van der Waals surface area contributed by atoms with E-state index in [1.165, 1.54) is 0 Å². The molecule has 1 aromatic heterocycles. The molecule has 1 heterocycles. The van der Waals surface area contributed by atoms with E-state index in [-0.39, 0.29) is 6.04 Å². The Balaban J connectivity index is 2.66. The van der Waals surface area contributed by atoms with Crippen molar-refractivity contribution in [3.8, 4) is 0 Å². The van der Waals surface area contributed by atoms with E-state index in [0.717, 1.165) is 16.9 Å². The summed E-state index contributed by atoms with van der Waals surface area (Å²) in [5.74, 6) is 0.735. The normalized spacial score (nSPS) is 13.4. The second-order valence-electron chi connectivity index (χ2n) is 3.19. The van der Waals surface area contributed by atoms with Crippen LogP contribution in [-0.2, 0) is 0 Å². The van der Waals surface area contributed by atoms with Gasteiger partial charge in [-0.3, -0.25) is 0 Å². The summed E-state index contributed by atoms with van der Waals surface area (Å²) in [7, 11) is 0. The third kappa shape index (κ3) is 1.59. The molecule has 0 bridgehead atoms. The fourth-order valence-electron chi connectivity index (χ4n) is 1.24. The zero-order chi connectivity index (χ0) is 10.3. The molecule has 0 saturated carbocycles. The van der Waals surface area contributed by atoms with Gasteiger partial charge in [0.25, 0.3) is 0 Å². The molecule has 0 fully saturated rings. The lowest BCUT2D eigenvalue weighted by molar-refractivity contribution is 0.760. The molecule has 0 aliphatic carbocycles. The highest BCUT2D eigenvalue weighted by Gasteiger charge is 2.08. The van der Waals surface area contributed by atoms with Crippen LogP contribution in [0, 0.1) is 0 Å². The number of nitrogens with zero attached hydrogens (tertiary/aromatic N) is 1. The van der Waals surface area contributed by atoms with Gasteiger partial charge in [0.1, 0.15) is 5.82 Å². The lowest BCUT2D eigenvalue weighted by atomic mass is 10.3. The summed E-state index contributed by atoms with van der Waals surface area (Å²) >= 11 is 11.7. The highest BCUT2D eigenvalue weighted by atomic mass is 35.5. The number of nitrogens with two attached hydrogens (primary N) is 1. The van der Waals surface area contributed by atoms with E-state index in [2.05, 4.69) is 9.97 Å². The van der Waals surface area contributed by atoms with Crippen molar-refractivity contribution in [2.45, 2.75) is 13.0 Å². The van der Waals surface area contributed by atoms with Crippen molar-refractivity contribution in [1.82, 2.24) is 9.97 Å². The maximum Gasteiger partial charge on any atom is 0.123 e. The number of rotatable bonds is 1. The van der Waals surface area contributed by atoms with E-state index in [1.54, 1.807) is 12.1 Å². The maximum atomic E-state index is 5.87. The molecule has 0 spiro atoms. The Labute approximate surface area is 91.2 Å². The second kappa shape index (κ2) is 3.42. The average Bonchev–Trinajstić information content (AvgIpc) is 2.48. The maximum absolute atomic E-state index is 5.87. The van der Waals surface area contributed by atoms with Gasteiger partial charge in [-0.15, -0.1) is 0 Å². The molecule has 74 valence electrons. The largest absolute Gasteiger partial charge is 0.341 e. The molecule has 1 atom stereocenters. The van der Waals surface area contributed by atoms with Crippen molar-refractivity contribution in [2.75, 3.05) is 0 Å². The van der Waals surface area contributed by atoms with Gasteiger partial charge in [0.15, 0.2) is 0 Å². The van der Waals surface area contributed by atoms with Crippen LogP contribution in [0.1, 0.15) is 18.8 Å². The van der Waals surface area contributed by atoms with Gasteiger partial charge >= 0.3 is 0 Å². The number of aromatic nitrogens is 2. The Kier molecular flexibility index (Phi) is 2.39. The molecule has 3 N–H and O–H groups in total. The van der Waals surface area contributed by atoms with Crippen LogP contribution in [0.5, 0.6) is 0 Å². The van der Waals surface area contributed by atoms with Gasteiger partial charge in [-0.05, 0) is 19.1 Å². The van der Waals surface area contributed by atoms with Crippen LogP contribution in [0.4, 0.5) is 0 Å². The molecule has 0 radical (unpaired) electrons. The first-order valence-corrected chi connectivity index (χ1v) is 4.94. The Bertz CT molecular complexity index is 437. The molecule has 0 amide bonds. The summed E-state index contributed by atoms with van der Waals surface area (Å²) in [6.45, 7) is 1.86. The quantitative estimate of drug-likeness (QED) is 0.791. The first kappa shape index (κ1) is 9.77. The van der Waals surface area contributed by atoms with Crippen molar-refractivity contribution in [3.05, 3.63) is 28.0 Å². The number of halogens is 2. The summed E-state index contributed by atoms with van der Waals surface area (Å²) in [5, 5.41) is 1.01. The molecule has 2 aromatic rings. The summed E-state index contributed by atoms with van der Waals surface area (Å²) in [6, 6.07) is 3.35. The second-order valence-corrected chi connectivity index (χ2v) is 4.01. The molecule has 5 heteroatoms. The summed E-state index contributed by atoms with van der Waals surface area (Å²) in [6.07, 6.45) is 0. The highest BCUT2D eigenvalue weighted by Crippen LogP contribution is 2.27. The molecule has 3 nitrogen and oxygen atoms in total. The van der Waals surface area contributed by atoms with Crippen molar-refractivity contribution in [2.24, 2.45) is 5.73 Å². The van der Waals surface area contributed by atoms with E-state index < -0.39 is 0 Å². The number of imidazole rings is 1. The molecule has 2 rings (SSSR count). The zero-order valence-corrected chi connectivity index (χ0v) is 9.02. The van der Waals surface area contributed by atoms with Gasteiger partial charge in [-0.25, -0.2) is 4.98 Å². The summed E-state index contributed by atoms with van der Waals surface area (Å²) < 4.78 is 0. The van der Waals surface area contributed by atoms with Crippen LogP contribution >= 0.6 is 23.2 Å². The zero-order valence-electron chi connectivity index (χ0n) is 7.51. The molecule has 0 saturated heterocycles. The summed E-state index contributed by atoms with van der Waals surface area (Å²) in [4.78, 5) is 7.37. The number of hydrogen-bond acceptors (Lipinski definition) is 2. The number of aromatic amines is 1. The average molecular weight is 230 g/mol. The van der Waals surface area contributed by atoms with Crippen molar-refractivity contribution >= 4 is 34.2 Å². The lowest BCUT2D eigenvalue weighted by Crippen LogP contribution is -2.06. The van der Waals surface area contributed by atoms with E-state index in [9.17, 15) is 0 Å². The Morgan fingerprint density at radius 2 is 2.00 bits per heavy atom.